The zero-order valence-corrected chi connectivity index (χ0v) is 19.0. The molecule has 0 heterocycles. The number of unbranched alkanes of at least 4 members (excludes halogenated alkanes) is 5. The van der Waals surface area contributed by atoms with Crippen LogP contribution in [0, 0.1) is 0 Å². The van der Waals surface area contributed by atoms with Gasteiger partial charge in [-0.3, -0.25) is 4.79 Å². The molecule has 0 amide bonds. The highest BCUT2D eigenvalue weighted by Gasteiger charge is 2.39. The summed E-state index contributed by atoms with van der Waals surface area (Å²) in [6, 6.07) is 0. The van der Waals surface area contributed by atoms with Crippen LogP contribution in [0.3, 0.4) is 0 Å². The molecule has 0 fully saturated rings. The Labute approximate surface area is 158 Å². The Bertz CT molecular complexity index is 361. The SMILES string of the molecule is CCCCCC[C@@H](O)CCCCC[C@@H](O[Si](C)(C)C(C)(C)C)C(C)=O. The van der Waals surface area contributed by atoms with Gasteiger partial charge in [-0.2, -0.15) is 0 Å². The van der Waals surface area contributed by atoms with Crippen molar-refractivity contribution < 1.29 is 14.3 Å². The van der Waals surface area contributed by atoms with Gasteiger partial charge in [-0.05, 0) is 44.3 Å². The van der Waals surface area contributed by atoms with E-state index in [4.69, 9.17) is 4.43 Å². The second-order valence-electron chi connectivity index (χ2n) is 9.12. The molecule has 0 aromatic carbocycles. The lowest BCUT2D eigenvalue weighted by Crippen LogP contribution is -2.45. The molecule has 0 rings (SSSR count). The highest BCUT2D eigenvalue weighted by molar-refractivity contribution is 6.74. The Kier molecular flexibility index (Phi) is 12.1. The monoisotopic (exact) mass is 372 g/mol. The van der Waals surface area contributed by atoms with Crippen LogP contribution in [-0.2, 0) is 9.22 Å². The van der Waals surface area contributed by atoms with E-state index in [1.807, 2.05) is 0 Å². The molecule has 2 atom stereocenters. The number of aliphatic hydroxyl groups excluding tert-OH is 1. The van der Waals surface area contributed by atoms with Crippen LogP contribution >= 0.6 is 0 Å². The van der Waals surface area contributed by atoms with Gasteiger partial charge in [0.2, 0.25) is 0 Å². The van der Waals surface area contributed by atoms with Gasteiger partial charge >= 0.3 is 0 Å². The lowest BCUT2D eigenvalue weighted by atomic mass is 10.0. The smallest absolute Gasteiger partial charge is 0.193 e. The van der Waals surface area contributed by atoms with Gasteiger partial charge in [-0.1, -0.05) is 72.6 Å². The van der Waals surface area contributed by atoms with Crippen molar-refractivity contribution in [3.63, 3.8) is 0 Å². The summed E-state index contributed by atoms with van der Waals surface area (Å²) in [6.45, 7) is 14.9. The third-order valence-electron chi connectivity index (χ3n) is 5.59. The molecule has 0 aliphatic heterocycles. The predicted molar refractivity (Wildman–Crippen MR) is 111 cm³/mol. The fourth-order valence-corrected chi connectivity index (χ4v) is 4.06. The van der Waals surface area contributed by atoms with Gasteiger partial charge in [0.05, 0.1) is 6.10 Å². The van der Waals surface area contributed by atoms with Crippen LogP contribution in [0.15, 0.2) is 0 Å². The normalized spacial score (nSPS) is 15.2. The molecular weight excluding hydrogens is 328 g/mol. The number of rotatable bonds is 14. The summed E-state index contributed by atoms with van der Waals surface area (Å²) >= 11 is 0. The summed E-state index contributed by atoms with van der Waals surface area (Å²) < 4.78 is 6.31. The van der Waals surface area contributed by atoms with Crippen LogP contribution in [0.4, 0.5) is 0 Å². The molecule has 0 aromatic rings. The third kappa shape index (κ3) is 11.2. The maximum atomic E-state index is 11.9. The molecule has 0 aliphatic rings. The first-order valence-electron chi connectivity index (χ1n) is 10.4. The van der Waals surface area contributed by atoms with E-state index in [2.05, 4.69) is 40.8 Å². The van der Waals surface area contributed by atoms with Gasteiger partial charge in [-0.15, -0.1) is 0 Å². The molecule has 0 bridgehead atoms. The number of carbonyl (C=O) groups is 1. The largest absolute Gasteiger partial charge is 0.407 e. The Balaban J connectivity index is 4.04. The average molecular weight is 373 g/mol. The van der Waals surface area contributed by atoms with E-state index in [0.29, 0.717) is 0 Å². The zero-order valence-electron chi connectivity index (χ0n) is 18.0. The Morgan fingerprint density at radius 3 is 1.88 bits per heavy atom. The lowest BCUT2D eigenvalue weighted by molar-refractivity contribution is -0.124. The molecule has 4 heteroatoms. The Hall–Kier alpha value is -0.193. The number of hydrogen-bond donors (Lipinski definition) is 1. The van der Waals surface area contributed by atoms with Crippen molar-refractivity contribution in [2.75, 3.05) is 0 Å². The predicted octanol–water partition coefficient (Wildman–Crippen LogP) is 6.25. The topological polar surface area (TPSA) is 46.5 Å². The minimum atomic E-state index is -1.90. The summed E-state index contributed by atoms with van der Waals surface area (Å²) in [5.41, 5.74) is 0. The van der Waals surface area contributed by atoms with Crippen molar-refractivity contribution >= 4 is 14.1 Å². The highest BCUT2D eigenvalue weighted by atomic mass is 28.4. The molecular formula is C21H44O3Si. The maximum Gasteiger partial charge on any atom is 0.193 e. The van der Waals surface area contributed by atoms with Crippen LogP contribution in [0.1, 0.15) is 98.8 Å². The van der Waals surface area contributed by atoms with Crippen LogP contribution in [-0.4, -0.2) is 31.4 Å². The molecule has 0 saturated carbocycles. The van der Waals surface area contributed by atoms with Gasteiger partial charge in [0.25, 0.3) is 0 Å². The van der Waals surface area contributed by atoms with E-state index in [9.17, 15) is 9.90 Å². The summed E-state index contributed by atoms with van der Waals surface area (Å²) in [7, 11) is -1.90. The molecule has 0 aromatic heterocycles. The second-order valence-corrected chi connectivity index (χ2v) is 13.9. The van der Waals surface area contributed by atoms with E-state index in [1.54, 1.807) is 6.92 Å². The fourth-order valence-electron chi connectivity index (χ4n) is 2.72. The van der Waals surface area contributed by atoms with Gasteiger partial charge in [0.1, 0.15) is 6.10 Å². The van der Waals surface area contributed by atoms with Crippen molar-refractivity contribution in [2.24, 2.45) is 0 Å². The lowest BCUT2D eigenvalue weighted by Gasteiger charge is -2.38. The quantitative estimate of drug-likeness (QED) is 0.290. The molecule has 0 spiro atoms. The van der Waals surface area contributed by atoms with Crippen molar-refractivity contribution in [3.05, 3.63) is 0 Å². The third-order valence-corrected chi connectivity index (χ3v) is 10.1. The summed E-state index contributed by atoms with van der Waals surface area (Å²) in [5, 5.41) is 10.1. The van der Waals surface area contributed by atoms with Crippen LogP contribution in [0.25, 0.3) is 0 Å². The van der Waals surface area contributed by atoms with E-state index < -0.39 is 8.32 Å². The van der Waals surface area contributed by atoms with Crippen molar-refractivity contribution in [1.82, 2.24) is 0 Å². The number of carbonyl (C=O) groups excluding carboxylic acids is 1. The molecule has 150 valence electrons. The zero-order chi connectivity index (χ0) is 19.5. The number of hydrogen-bond acceptors (Lipinski definition) is 3. The van der Waals surface area contributed by atoms with E-state index in [-0.39, 0.29) is 23.0 Å². The first-order chi connectivity index (χ1) is 11.5. The summed E-state index contributed by atoms with van der Waals surface area (Å²) in [4.78, 5) is 11.9. The highest BCUT2D eigenvalue weighted by Crippen LogP contribution is 2.37. The number of ketones is 1. The van der Waals surface area contributed by atoms with E-state index >= 15 is 0 Å². The molecule has 0 saturated heterocycles. The molecule has 25 heavy (non-hydrogen) atoms. The molecule has 0 radical (unpaired) electrons. The van der Waals surface area contributed by atoms with Crippen LogP contribution in [0.2, 0.25) is 18.1 Å². The Morgan fingerprint density at radius 1 is 0.960 bits per heavy atom. The first-order valence-corrected chi connectivity index (χ1v) is 13.3. The van der Waals surface area contributed by atoms with Crippen molar-refractivity contribution in [3.8, 4) is 0 Å². The average Bonchev–Trinajstić information content (AvgIpc) is 2.48. The molecule has 0 unspecified atom stereocenters. The van der Waals surface area contributed by atoms with Gasteiger partial charge in [0, 0.05) is 0 Å². The molecule has 0 aliphatic carbocycles. The number of Topliss-reactive ketones (excluding diaryl/α,β-unsaturated/α-hetero) is 1. The van der Waals surface area contributed by atoms with E-state index in [1.165, 1.54) is 19.3 Å². The Morgan fingerprint density at radius 2 is 1.44 bits per heavy atom. The fraction of sp³-hybridized carbons (Fsp3) is 0.952. The number of aliphatic hydroxyl groups is 1. The minimum Gasteiger partial charge on any atom is -0.407 e. The van der Waals surface area contributed by atoms with Crippen LogP contribution in [0.5, 0.6) is 0 Å². The maximum absolute atomic E-state index is 11.9. The van der Waals surface area contributed by atoms with Gasteiger partial charge in [-0.25, -0.2) is 0 Å². The summed E-state index contributed by atoms with van der Waals surface area (Å²) in [5.74, 6) is 0.154. The molecule has 1 N–H and O–H groups in total. The van der Waals surface area contributed by atoms with Gasteiger partial charge in [0.15, 0.2) is 14.1 Å². The minimum absolute atomic E-state index is 0.128. The summed E-state index contributed by atoms with van der Waals surface area (Å²) in [6.07, 6.45) is 10.2. The first kappa shape index (κ1) is 24.8. The van der Waals surface area contributed by atoms with Crippen LogP contribution < -0.4 is 0 Å². The van der Waals surface area contributed by atoms with Crippen molar-refractivity contribution in [2.45, 2.75) is 129 Å². The second kappa shape index (κ2) is 12.2. The van der Waals surface area contributed by atoms with E-state index in [0.717, 1.165) is 44.9 Å². The van der Waals surface area contributed by atoms with Crippen molar-refractivity contribution in [1.29, 1.82) is 0 Å². The van der Waals surface area contributed by atoms with Gasteiger partial charge < -0.3 is 9.53 Å². The standard InChI is InChI=1S/C21H44O3Si/c1-8-9-10-12-15-19(23)16-13-11-14-17-20(18(2)22)24-25(6,7)21(3,4)5/h19-20,23H,8-17H2,1-7H3/t19-,20-/m1/s1. The molecule has 3 nitrogen and oxygen atoms in total.